The van der Waals surface area contributed by atoms with E-state index in [0.29, 0.717) is 11.1 Å². The molecule has 0 fully saturated rings. The van der Waals surface area contributed by atoms with Gasteiger partial charge in [0.15, 0.2) is 5.58 Å². The monoisotopic (exact) mass is 310 g/mol. The zero-order valence-corrected chi connectivity index (χ0v) is 13.3. The van der Waals surface area contributed by atoms with Crippen LogP contribution in [-0.4, -0.2) is 10.5 Å². The maximum absolute atomic E-state index is 12.6. The van der Waals surface area contributed by atoms with Crippen molar-refractivity contribution in [3.8, 4) is 0 Å². The van der Waals surface area contributed by atoms with Gasteiger partial charge in [-0.25, -0.2) is 4.79 Å². The number of oxazole rings is 1. The fraction of sp³-hybridized carbons (Fsp3) is 0.222. The summed E-state index contributed by atoms with van der Waals surface area (Å²) in [6, 6.07) is 12.2. The summed E-state index contributed by atoms with van der Waals surface area (Å²) < 4.78 is 6.57. The quantitative estimate of drug-likeness (QED) is 0.806. The highest BCUT2D eigenvalue weighted by Gasteiger charge is 2.22. The number of carbonyl (C=O) groups is 1. The van der Waals surface area contributed by atoms with Gasteiger partial charge in [0.25, 0.3) is 0 Å². The molecule has 1 aromatic heterocycles. The lowest BCUT2D eigenvalue weighted by Crippen LogP contribution is -2.29. The molecule has 5 heteroatoms. The van der Waals surface area contributed by atoms with Crippen molar-refractivity contribution >= 4 is 22.7 Å². The van der Waals surface area contributed by atoms with Gasteiger partial charge in [-0.2, -0.15) is 0 Å². The predicted octanol–water partition coefficient (Wildman–Crippen LogP) is 3.41. The summed E-state index contributed by atoms with van der Waals surface area (Å²) in [5, 5.41) is 2.92. The molecule has 2 aromatic carbocycles. The lowest BCUT2D eigenvalue weighted by Gasteiger charge is -2.16. The fourth-order valence-corrected chi connectivity index (χ4v) is 2.71. The Morgan fingerprint density at radius 2 is 1.74 bits per heavy atom. The first kappa shape index (κ1) is 15.1. The largest absolute Gasteiger partial charge is 0.420 e. The molecule has 0 spiro atoms. The van der Waals surface area contributed by atoms with Gasteiger partial charge in [0.05, 0.1) is 5.52 Å². The third kappa shape index (κ3) is 2.65. The average Bonchev–Trinajstić information content (AvgIpc) is 2.86. The first-order chi connectivity index (χ1) is 11.0. The molecular formula is C18H18N2O3. The normalized spacial score (nSPS) is 12.3. The first-order valence-corrected chi connectivity index (χ1v) is 7.46. The number of nitrogens with one attached hydrogen (secondary N) is 1. The van der Waals surface area contributed by atoms with E-state index in [0.717, 1.165) is 16.8 Å². The Morgan fingerprint density at radius 3 is 2.43 bits per heavy atom. The third-order valence-corrected chi connectivity index (χ3v) is 4.01. The van der Waals surface area contributed by atoms with Crippen molar-refractivity contribution in [2.45, 2.75) is 26.8 Å². The minimum absolute atomic E-state index is 0.254. The number of anilines is 1. The number of hydrogen-bond acceptors (Lipinski definition) is 3. The average molecular weight is 310 g/mol. The van der Waals surface area contributed by atoms with Crippen LogP contribution in [0, 0.1) is 13.8 Å². The van der Waals surface area contributed by atoms with Crippen LogP contribution in [0.2, 0.25) is 0 Å². The number of nitrogens with zero attached hydrogens (tertiary/aromatic N) is 1. The molecule has 0 aliphatic heterocycles. The highest BCUT2D eigenvalue weighted by atomic mass is 16.4. The summed E-state index contributed by atoms with van der Waals surface area (Å²) in [6.07, 6.45) is 0. The van der Waals surface area contributed by atoms with Crippen molar-refractivity contribution in [3.63, 3.8) is 0 Å². The molecule has 5 nitrogen and oxygen atoms in total. The number of aryl methyl sites for hydroxylation is 2. The van der Waals surface area contributed by atoms with Crippen molar-refractivity contribution in [2.24, 2.45) is 0 Å². The van der Waals surface area contributed by atoms with E-state index in [1.165, 1.54) is 4.57 Å². The molecule has 1 N–H and O–H groups in total. The highest BCUT2D eigenvalue weighted by molar-refractivity contribution is 5.95. The van der Waals surface area contributed by atoms with Crippen LogP contribution in [0.3, 0.4) is 0 Å². The molecule has 3 rings (SSSR count). The van der Waals surface area contributed by atoms with Gasteiger partial charge in [-0.1, -0.05) is 30.3 Å². The number of fused-ring (bicyclic) bond motifs is 1. The molecule has 1 unspecified atom stereocenters. The van der Waals surface area contributed by atoms with Crippen molar-refractivity contribution in [1.29, 1.82) is 0 Å². The molecule has 1 amide bonds. The lowest BCUT2D eigenvalue weighted by atomic mass is 10.1. The molecular weight excluding hydrogens is 292 g/mol. The Labute approximate surface area is 133 Å². The van der Waals surface area contributed by atoms with Crippen LogP contribution in [0.5, 0.6) is 0 Å². The molecule has 3 aromatic rings. The second-order valence-corrected chi connectivity index (χ2v) is 5.64. The summed E-state index contributed by atoms with van der Waals surface area (Å²) in [5.41, 5.74) is 3.83. The Morgan fingerprint density at radius 1 is 1.09 bits per heavy atom. The van der Waals surface area contributed by atoms with Crippen LogP contribution in [0.25, 0.3) is 11.1 Å². The van der Waals surface area contributed by atoms with Gasteiger partial charge < -0.3 is 9.73 Å². The topological polar surface area (TPSA) is 64.2 Å². The predicted molar refractivity (Wildman–Crippen MR) is 89.7 cm³/mol. The van der Waals surface area contributed by atoms with Crippen LogP contribution in [0.4, 0.5) is 5.69 Å². The molecule has 1 atom stereocenters. The van der Waals surface area contributed by atoms with Crippen LogP contribution in [0.15, 0.2) is 51.7 Å². The van der Waals surface area contributed by atoms with Crippen LogP contribution in [0.1, 0.15) is 24.1 Å². The van der Waals surface area contributed by atoms with Crippen molar-refractivity contribution in [3.05, 3.63) is 64.1 Å². The van der Waals surface area contributed by atoms with Gasteiger partial charge >= 0.3 is 5.76 Å². The van der Waals surface area contributed by atoms with E-state index in [1.54, 1.807) is 25.1 Å². The van der Waals surface area contributed by atoms with Gasteiger partial charge in [0.2, 0.25) is 5.91 Å². The van der Waals surface area contributed by atoms with Gasteiger partial charge in [0, 0.05) is 5.69 Å². The second kappa shape index (κ2) is 5.76. The van der Waals surface area contributed by atoms with Crippen LogP contribution in [-0.2, 0) is 4.79 Å². The summed E-state index contributed by atoms with van der Waals surface area (Å²) >= 11 is 0. The van der Waals surface area contributed by atoms with E-state index in [4.69, 9.17) is 4.42 Å². The van der Waals surface area contributed by atoms with E-state index >= 15 is 0 Å². The van der Waals surface area contributed by atoms with E-state index in [-0.39, 0.29) is 5.91 Å². The minimum Gasteiger partial charge on any atom is -0.408 e. The number of benzene rings is 2. The Hall–Kier alpha value is -2.82. The van der Waals surface area contributed by atoms with Gasteiger partial charge in [-0.15, -0.1) is 0 Å². The molecule has 1 heterocycles. The highest BCUT2D eigenvalue weighted by Crippen LogP contribution is 2.22. The maximum atomic E-state index is 12.6. The smallest absolute Gasteiger partial charge is 0.408 e. The van der Waals surface area contributed by atoms with E-state index < -0.39 is 11.8 Å². The van der Waals surface area contributed by atoms with Crippen molar-refractivity contribution < 1.29 is 9.21 Å². The third-order valence-electron chi connectivity index (χ3n) is 4.01. The molecule has 0 bridgehead atoms. The number of aromatic nitrogens is 1. The van der Waals surface area contributed by atoms with Crippen LogP contribution < -0.4 is 11.1 Å². The Bertz CT molecular complexity index is 917. The van der Waals surface area contributed by atoms with E-state index in [1.807, 2.05) is 38.1 Å². The van der Waals surface area contributed by atoms with Gasteiger partial charge in [0.1, 0.15) is 6.04 Å². The number of carbonyl (C=O) groups excluding carboxylic acids is 1. The number of amides is 1. The number of para-hydroxylation sites is 3. The zero-order chi connectivity index (χ0) is 16.6. The Kier molecular flexibility index (Phi) is 3.78. The summed E-state index contributed by atoms with van der Waals surface area (Å²) in [5.74, 6) is -0.786. The molecule has 0 radical (unpaired) electrons. The summed E-state index contributed by atoms with van der Waals surface area (Å²) in [7, 11) is 0. The minimum atomic E-state index is -0.676. The Balaban J connectivity index is 1.96. The number of hydrogen-bond donors (Lipinski definition) is 1. The van der Waals surface area contributed by atoms with Crippen LogP contribution >= 0.6 is 0 Å². The molecule has 0 aliphatic rings. The summed E-state index contributed by atoms with van der Waals surface area (Å²) in [4.78, 5) is 24.7. The summed E-state index contributed by atoms with van der Waals surface area (Å²) in [6.45, 7) is 5.56. The van der Waals surface area contributed by atoms with Crippen molar-refractivity contribution in [2.75, 3.05) is 5.32 Å². The standard InChI is InChI=1S/C18H18N2O3/c1-11-7-6-8-12(2)16(11)19-17(21)13(3)20-14-9-4-5-10-15(14)23-18(20)22/h4-10,13H,1-3H3,(H,19,21). The molecule has 0 saturated heterocycles. The van der Waals surface area contributed by atoms with Gasteiger partial charge in [-0.05, 0) is 44.0 Å². The lowest BCUT2D eigenvalue weighted by molar-refractivity contribution is -0.118. The molecule has 118 valence electrons. The first-order valence-electron chi connectivity index (χ1n) is 7.46. The number of rotatable bonds is 3. The molecule has 0 saturated carbocycles. The fourth-order valence-electron chi connectivity index (χ4n) is 2.71. The van der Waals surface area contributed by atoms with Crippen molar-refractivity contribution in [1.82, 2.24) is 4.57 Å². The second-order valence-electron chi connectivity index (χ2n) is 5.64. The SMILES string of the molecule is Cc1cccc(C)c1NC(=O)C(C)n1c(=O)oc2ccccc21. The van der Waals surface area contributed by atoms with Gasteiger partial charge in [-0.3, -0.25) is 9.36 Å². The van der Waals surface area contributed by atoms with E-state index in [9.17, 15) is 9.59 Å². The molecule has 0 aliphatic carbocycles. The maximum Gasteiger partial charge on any atom is 0.420 e. The van der Waals surface area contributed by atoms with E-state index in [2.05, 4.69) is 5.32 Å². The zero-order valence-electron chi connectivity index (χ0n) is 13.3. The molecule has 23 heavy (non-hydrogen) atoms.